The summed E-state index contributed by atoms with van der Waals surface area (Å²) < 4.78 is 5.99. The lowest BCUT2D eigenvalue weighted by Crippen LogP contribution is -2.41. The number of anilines is 1. The third-order valence-corrected chi connectivity index (χ3v) is 5.35. The second-order valence-electron chi connectivity index (χ2n) is 6.98. The van der Waals surface area contributed by atoms with E-state index < -0.39 is 0 Å². The van der Waals surface area contributed by atoms with Gasteiger partial charge in [-0.1, -0.05) is 11.6 Å². The minimum absolute atomic E-state index is 0.0318. The quantitative estimate of drug-likeness (QED) is 0.872. The van der Waals surface area contributed by atoms with Crippen LogP contribution in [0.5, 0.6) is 5.75 Å². The van der Waals surface area contributed by atoms with Crippen LogP contribution in [0, 0.1) is 0 Å². The van der Waals surface area contributed by atoms with Crippen molar-refractivity contribution in [2.45, 2.75) is 31.8 Å². The number of likely N-dealkylation sites (tertiary alicyclic amines) is 1. The number of ether oxygens (including phenoxy) is 1. The fraction of sp³-hybridized carbons (Fsp3) is 0.333. The molecule has 2 aliphatic heterocycles. The van der Waals surface area contributed by atoms with Crippen LogP contribution in [0.1, 0.15) is 35.2 Å². The lowest BCUT2D eigenvalue weighted by molar-refractivity contribution is -0.116. The van der Waals surface area contributed by atoms with Crippen LogP contribution < -0.4 is 10.1 Å². The Balaban J connectivity index is 1.36. The standard InChI is InChI=1S/C21H21ClN2O3/c22-16-3-5-17(6-4-16)27-18-9-11-24(12-10-18)21(26)15-1-7-19-14(13-15)2-8-20(25)23-19/h1,3-7,13,18H,2,8-12H2,(H,23,25). The number of hydrogen-bond acceptors (Lipinski definition) is 3. The molecule has 0 radical (unpaired) electrons. The van der Waals surface area contributed by atoms with E-state index in [1.165, 1.54) is 0 Å². The van der Waals surface area contributed by atoms with Gasteiger partial charge in [0.25, 0.3) is 5.91 Å². The van der Waals surface area contributed by atoms with Gasteiger partial charge in [-0.2, -0.15) is 0 Å². The molecular weight excluding hydrogens is 364 g/mol. The molecule has 2 amide bonds. The first-order valence-electron chi connectivity index (χ1n) is 9.23. The summed E-state index contributed by atoms with van der Waals surface area (Å²) >= 11 is 5.90. The molecular formula is C21H21ClN2O3. The van der Waals surface area contributed by atoms with Crippen molar-refractivity contribution in [2.75, 3.05) is 18.4 Å². The average Bonchev–Trinajstić information content (AvgIpc) is 2.69. The van der Waals surface area contributed by atoms with Crippen molar-refractivity contribution in [2.24, 2.45) is 0 Å². The van der Waals surface area contributed by atoms with Crippen LogP contribution in [0.25, 0.3) is 0 Å². The van der Waals surface area contributed by atoms with Crippen LogP contribution >= 0.6 is 11.6 Å². The molecule has 6 heteroatoms. The predicted octanol–water partition coefficient (Wildman–Crippen LogP) is 3.91. The Morgan fingerprint density at radius 2 is 1.81 bits per heavy atom. The molecule has 1 fully saturated rings. The van der Waals surface area contributed by atoms with Crippen molar-refractivity contribution in [1.29, 1.82) is 0 Å². The first kappa shape index (κ1) is 17.9. The van der Waals surface area contributed by atoms with E-state index >= 15 is 0 Å². The zero-order valence-electron chi connectivity index (χ0n) is 14.9. The molecule has 1 saturated heterocycles. The topological polar surface area (TPSA) is 58.6 Å². The predicted molar refractivity (Wildman–Crippen MR) is 104 cm³/mol. The Morgan fingerprint density at radius 3 is 2.56 bits per heavy atom. The summed E-state index contributed by atoms with van der Waals surface area (Å²) in [5.41, 5.74) is 2.53. The number of hydrogen-bond donors (Lipinski definition) is 1. The monoisotopic (exact) mass is 384 g/mol. The summed E-state index contributed by atoms with van der Waals surface area (Å²) in [7, 11) is 0. The summed E-state index contributed by atoms with van der Waals surface area (Å²) in [6, 6.07) is 12.9. The SMILES string of the molecule is O=C1CCc2cc(C(=O)N3CCC(Oc4ccc(Cl)cc4)CC3)ccc2N1. The number of piperidine rings is 1. The molecule has 0 atom stereocenters. The van der Waals surface area contributed by atoms with Crippen LogP contribution in [-0.4, -0.2) is 35.9 Å². The van der Waals surface area contributed by atoms with E-state index in [2.05, 4.69) is 5.32 Å². The second kappa shape index (κ2) is 7.61. The number of halogens is 1. The summed E-state index contributed by atoms with van der Waals surface area (Å²) in [4.78, 5) is 26.2. The van der Waals surface area contributed by atoms with Gasteiger partial charge in [-0.25, -0.2) is 0 Å². The number of carbonyl (C=O) groups is 2. The third-order valence-electron chi connectivity index (χ3n) is 5.09. The van der Waals surface area contributed by atoms with Gasteiger partial charge in [-0.05, 0) is 54.4 Å². The van der Waals surface area contributed by atoms with Gasteiger partial charge in [0.1, 0.15) is 11.9 Å². The maximum atomic E-state index is 12.8. The Hall–Kier alpha value is -2.53. The number of aryl methyl sites for hydroxylation is 1. The Bertz CT molecular complexity index is 858. The van der Waals surface area contributed by atoms with Crippen LogP contribution in [0.4, 0.5) is 5.69 Å². The highest BCUT2D eigenvalue weighted by Gasteiger charge is 2.25. The van der Waals surface area contributed by atoms with Crippen molar-refractivity contribution in [3.8, 4) is 5.75 Å². The highest BCUT2D eigenvalue weighted by molar-refractivity contribution is 6.30. The number of rotatable bonds is 3. The normalized spacial score (nSPS) is 17.2. The number of nitrogens with zero attached hydrogens (tertiary/aromatic N) is 1. The molecule has 2 aromatic carbocycles. The van der Waals surface area contributed by atoms with Crippen molar-refractivity contribution >= 4 is 29.1 Å². The summed E-state index contributed by atoms with van der Waals surface area (Å²) in [5, 5.41) is 3.54. The molecule has 27 heavy (non-hydrogen) atoms. The van der Waals surface area contributed by atoms with Crippen molar-refractivity contribution in [3.63, 3.8) is 0 Å². The van der Waals surface area contributed by atoms with Gasteiger partial charge in [0.2, 0.25) is 5.91 Å². The number of fused-ring (bicyclic) bond motifs is 1. The van der Waals surface area contributed by atoms with Crippen molar-refractivity contribution in [1.82, 2.24) is 4.90 Å². The molecule has 4 rings (SSSR count). The number of carbonyl (C=O) groups excluding carboxylic acids is 2. The first-order chi connectivity index (χ1) is 13.1. The van der Waals surface area contributed by atoms with Crippen molar-refractivity contribution in [3.05, 3.63) is 58.6 Å². The second-order valence-corrected chi connectivity index (χ2v) is 7.42. The lowest BCUT2D eigenvalue weighted by atomic mass is 9.99. The molecule has 2 aromatic rings. The van der Waals surface area contributed by atoms with Crippen LogP contribution in [0.15, 0.2) is 42.5 Å². The molecule has 0 spiro atoms. The van der Waals surface area contributed by atoms with Crippen LogP contribution in [-0.2, 0) is 11.2 Å². The van der Waals surface area contributed by atoms with Gasteiger partial charge in [0.05, 0.1) is 0 Å². The average molecular weight is 385 g/mol. The molecule has 0 bridgehead atoms. The molecule has 0 unspecified atom stereocenters. The number of amides is 2. The Kier molecular flexibility index (Phi) is 5.03. The fourth-order valence-electron chi connectivity index (χ4n) is 3.58. The summed E-state index contributed by atoms with van der Waals surface area (Å²) in [6.45, 7) is 1.34. The lowest BCUT2D eigenvalue weighted by Gasteiger charge is -2.32. The Morgan fingerprint density at radius 1 is 1.07 bits per heavy atom. The Labute approximate surface area is 163 Å². The zero-order valence-corrected chi connectivity index (χ0v) is 15.7. The van der Waals surface area contributed by atoms with Gasteiger partial charge < -0.3 is 15.0 Å². The summed E-state index contributed by atoms with van der Waals surface area (Å²) in [6.07, 6.45) is 2.86. The number of nitrogens with one attached hydrogen (secondary N) is 1. The van der Waals surface area contributed by atoms with E-state index in [1.54, 1.807) is 6.07 Å². The maximum absolute atomic E-state index is 12.8. The molecule has 2 aliphatic rings. The van der Waals surface area contributed by atoms with Gasteiger partial charge in [-0.3, -0.25) is 9.59 Å². The molecule has 5 nitrogen and oxygen atoms in total. The molecule has 0 saturated carbocycles. The van der Waals surface area contributed by atoms with E-state index in [9.17, 15) is 9.59 Å². The first-order valence-corrected chi connectivity index (χ1v) is 9.60. The van der Waals surface area contributed by atoms with E-state index in [-0.39, 0.29) is 17.9 Å². The summed E-state index contributed by atoms with van der Waals surface area (Å²) in [5.74, 6) is 0.880. The van der Waals surface area contributed by atoms with E-state index in [1.807, 2.05) is 41.3 Å². The van der Waals surface area contributed by atoms with E-state index in [0.717, 1.165) is 29.8 Å². The zero-order chi connectivity index (χ0) is 18.8. The van der Waals surface area contributed by atoms with E-state index in [0.29, 0.717) is 36.5 Å². The molecule has 1 N–H and O–H groups in total. The van der Waals surface area contributed by atoms with Gasteiger partial charge >= 0.3 is 0 Å². The van der Waals surface area contributed by atoms with Crippen LogP contribution in [0.2, 0.25) is 5.02 Å². The van der Waals surface area contributed by atoms with Gasteiger partial charge in [-0.15, -0.1) is 0 Å². The highest BCUT2D eigenvalue weighted by atomic mass is 35.5. The largest absolute Gasteiger partial charge is 0.490 e. The molecule has 0 aromatic heterocycles. The molecule has 0 aliphatic carbocycles. The minimum Gasteiger partial charge on any atom is -0.490 e. The maximum Gasteiger partial charge on any atom is 0.253 e. The molecule has 140 valence electrons. The van der Waals surface area contributed by atoms with Crippen molar-refractivity contribution < 1.29 is 14.3 Å². The minimum atomic E-state index is 0.0318. The highest BCUT2D eigenvalue weighted by Crippen LogP contribution is 2.26. The fourth-order valence-corrected chi connectivity index (χ4v) is 3.71. The third kappa shape index (κ3) is 4.08. The number of benzene rings is 2. The molecule has 2 heterocycles. The smallest absolute Gasteiger partial charge is 0.253 e. The van der Waals surface area contributed by atoms with E-state index in [4.69, 9.17) is 16.3 Å². The van der Waals surface area contributed by atoms with Gasteiger partial charge in [0, 0.05) is 48.6 Å². The van der Waals surface area contributed by atoms with Gasteiger partial charge in [0.15, 0.2) is 0 Å². The van der Waals surface area contributed by atoms with Crippen LogP contribution in [0.3, 0.4) is 0 Å².